The molecule has 104 valence electrons. The van der Waals surface area contributed by atoms with Gasteiger partial charge in [-0.2, -0.15) is 4.98 Å². The standard InChI is InChI=1S/C13H11ClN2O3S/c1-8-3-2-4-9(14)12(8)16-6-5-10(17)15-13(16)20-7-11(18)19/h2-6H,7H2,1H3,(H,18,19). The highest BCUT2D eigenvalue weighted by atomic mass is 35.5. The molecule has 0 saturated heterocycles. The van der Waals surface area contributed by atoms with Gasteiger partial charge >= 0.3 is 5.97 Å². The Balaban J connectivity index is 2.56. The summed E-state index contributed by atoms with van der Waals surface area (Å²) < 4.78 is 1.63. The predicted molar refractivity (Wildman–Crippen MR) is 77.9 cm³/mol. The Hall–Kier alpha value is -1.79. The van der Waals surface area contributed by atoms with Crippen molar-refractivity contribution in [1.29, 1.82) is 0 Å². The lowest BCUT2D eigenvalue weighted by molar-refractivity contribution is -0.133. The zero-order valence-electron chi connectivity index (χ0n) is 10.5. The van der Waals surface area contributed by atoms with Crippen LogP contribution in [0.4, 0.5) is 0 Å². The fraction of sp³-hybridized carbons (Fsp3) is 0.154. The third kappa shape index (κ3) is 3.20. The average Bonchev–Trinajstić information content (AvgIpc) is 2.38. The van der Waals surface area contributed by atoms with Crippen LogP contribution in [0.5, 0.6) is 0 Å². The molecule has 2 rings (SSSR count). The third-order valence-corrected chi connectivity index (χ3v) is 3.77. The van der Waals surface area contributed by atoms with Crippen LogP contribution in [0, 0.1) is 6.92 Å². The van der Waals surface area contributed by atoms with Crippen LogP contribution < -0.4 is 5.56 Å². The normalized spacial score (nSPS) is 10.5. The molecular weight excluding hydrogens is 300 g/mol. The van der Waals surface area contributed by atoms with E-state index in [4.69, 9.17) is 16.7 Å². The molecule has 20 heavy (non-hydrogen) atoms. The number of benzene rings is 1. The molecule has 0 aliphatic heterocycles. The second-order valence-corrected chi connectivity index (χ2v) is 5.36. The van der Waals surface area contributed by atoms with Crippen LogP contribution in [-0.2, 0) is 4.79 Å². The number of aliphatic carboxylic acids is 1. The lowest BCUT2D eigenvalue weighted by Crippen LogP contribution is -2.14. The molecule has 0 aliphatic rings. The van der Waals surface area contributed by atoms with Crippen LogP contribution in [0.15, 0.2) is 40.4 Å². The number of carboxylic acid groups (broad SMARTS) is 1. The van der Waals surface area contributed by atoms with Gasteiger partial charge in [0.1, 0.15) is 0 Å². The Kier molecular flexibility index (Phi) is 4.46. The van der Waals surface area contributed by atoms with Crippen molar-refractivity contribution >= 4 is 29.3 Å². The minimum atomic E-state index is -0.976. The second-order valence-electron chi connectivity index (χ2n) is 4.01. The molecule has 1 aromatic heterocycles. The number of nitrogens with zero attached hydrogens (tertiary/aromatic N) is 2. The van der Waals surface area contributed by atoms with Gasteiger partial charge in [0.15, 0.2) is 5.16 Å². The van der Waals surface area contributed by atoms with Gasteiger partial charge in [0.25, 0.3) is 5.56 Å². The topological polar surface area (TPSA) is 72.2 Å². The summed E-state index contributed by atoms with van der Waals surface area (Å²) in [6.45, 7) is 1.88. The van der Waals surface area contributed by atoms with Gasteiger partial charge in [0, 0.05) is 12.3 Å². The fourth-order valence-corrected chi connectivity index (χ4v) is 2.73. The van der Waals surface area contributed by atoms with E-state index in [1.807, 2.05) is 19.1 Å². The summed E-state index contributed by atoms with van der Waals surface area (Å²) in [7, 11) is 0. The number of aromatic nitrogens is 2. The molecule has 0 bridgehead atoms. The van der Waals surface area contributed by atoms with Crippen molar-refractivity contribution in [1.82, 2.24) is 9.55 Å². The van der Waals surface area contributed by atoms with E-state index in [0.717, 1.165) is 17.3 Å². The van der Waals surface area contributed by atoms with Crippen molar-refractivity contribution in [2.75, 3.05) is 5.75 Å². The largest absolute Gasteiger partial charge is 0.481 e. The van der Waals surface area contributed by atoms with E-state index in [2.05, 4.69) is 4.98 Å². The van der Waals surface area contributed by atoms with Gasteiger partial charge in [0.2, 0.25) is 0 Å². The molecular formula is C13H11ClN2O3S. The van der Waals surface area contributed by atoms with Gasteiger partial charge in [-0.25, -0.2) is 0 Å². The smallest absolute Gasteiger partial charge is 0.313 e. The number of thioether (sulfide) groups is 1. The summed E-state index contributed by atoms with van der Waals surface area (Å²) >= 11 is 7.16. The van der Waals surface area contributed by atoms with Crippen LogP contribution in [-0.4, -0.2) is 26.4 Å². The Morgan fingerprint density at radius 1 is 1.45 bits per heavy atom. The molecule has 1 heterocycles. The first-order valence-corrected chi connectivity index (χ1v) is 7.05. The molecule has 1 aromatic carbocycles. The molecule has 7 heteroatoms. The number of carboxylic acids is 1. The third-order valence-electron chi connectivity index (χ3n) is 2.53. The minimum absolute atomic E-state index is 0.181. The lowest BCUT2D eigenvalue weighted by Gasteiger charge is -2.14. The number of carbonyl (C=O) groups is 1. The van der Waals surface area contributed by atoms with Crippen molar-refractivity contribution in [2.45, 2.75) is 12.1 Å². The molecule has 5 nitrogen and oxygen atoms in total. The Bertz CT molecular complexity index is 695. The maximum atomic E-state index is 11.4. The van der Waals surface area contributed by atoms with Gasteiger partial charge in [0.05, 0.1) is 16.5 Å². The maximum Gasteiger partial charge on any atom is 0.313 e. The van der Waals surface area contributed by atoms with Gasteiger partial charge in [-0.15, -0.1) is 0 Å². The Morgan fingerprint density at radius 3 is 2.85 bits per heavy atom. The summed E-state index contributed by atoms with van der Waals surface area (Å²) in [6, 6.07) is 6.74. The SMILES string of the molecule is Cc1cccc(Cl)c1-n1ccc(=O)nc1SCC(=O)O. The van der Waals surface area contributed by atoms with Crippen molar-refractivity contribution in [2.24, 2.45) is 0 Å². The first kappa shape index (κ1) is 14.6. The molecule has 0 fully saturated rings. The summed E-state index contributed by atoms with van der Waals surface area (Å²) in [5, 5.41) is 9.56. The minimum Gasteiger partial charge on any atom is -0.481 e. The van der Waals surface area contributed by atoms with Crippen molar-refractivity contribution < 1.29 is 9.90 Å². The van der Waals surface area contributed by atoms with Gasteiger partial charge in [-0.05, 0) is 18.6 Å². The molecule has 0 spiro atoms. The van der Waals surface area contributed by atoms with Crippen molar-refractivity contribution in [3.8, 4) is 5.69 Å². The maximum absolute atomic E-state index is 11.4. The molecule has 0 unspecified atom stereocenters. The van der Waals surface area contributed by atoms with E-state index in [-0.39, 0.29) is 5.75 Å². The number of halogens is 1. The molecule has 2 aromatic rings. The van der Waals surface area contributed by atoms with Crippen LogP contribution in [0.3, 0.4) is 0 Å². The molecule has 1 N–H and O–H groups in total. The number of rotatable bonds is 4. The predicted octanol–water partition coefficient (Wildman–Crippen LogP) is 2.37. The number of hydrogen-bond acceptors (Lipinski definition) is 4. The monoisotopic (exact) mass is 310 g/mol. The molecule has 0 aliphatic carbocycles. The average molecular weight is 311 g/mol. The molecule has 0 atom stereocenters. The van der Waals surface area contributed by atoms with Crippen molar-refractivity contribution in [3.05, 3.63) is 51.4 Å². The Labute approximate surface area is 124 Å². The molecule has 0 radical (unpaired) electrons. The lowest BCUT2D eigenvalue weighted by atomic mass is 10.2. The quantitative estimate of drug-likeness (QED) is 0.693. The van der Waals surface area contributed by atoms with Gasteiger partial charge < -0.3 is 5.11 Å². The van der Waals surface area contributed by atoms with E-state index in [0.29, 0.717) is 15.9 Å². The fourth-order valence-electron chi connectivity index (χ4n) is 1.71. The second kappa shape index (κ2) is 6.11. The summed E-state index contributed by atoms with van der Waals surface area (Å²) in [5.74, 6) is -1.16. The van der Waals surface area contributed by atoms with E-state index in [1.165, 1.54) is 6.07 Å². The van der Waals surface area contributed by atoms with E-state index < -0.39 is 11.5 Å². The highest BCUT2D eigenvalue weighted by Crippen LogP contribution is 2.27. The summed E-state index contributed by atoms with van der Waals surface area (Å²) in [4.78, 5) is 25.9. The number of para-hydroxylation sites is 1. The van der Waals surface area contributed by atoms with Crippen LogP contribution in [0.2, 0.25) is 5.02 Å². The zero-order valence-corrected chi connectivity index (χ0v) is 12.1. The van der Waals surface area contributed by atoms with Gasteiger partial charge in [-0.3, -0.25) is 14.2 Å². The van der Waals surface area contributed by atoms with E-state index in [1.54, 1.807) is 16.8 Å². The Morgan fingerprint density at radius 2 is 2.20 bits per heavy atom. The van der Waals surface area contributed by atoms with Gasteiger partial charge in [-0.1, -0.05) is 35.5 Å². The number of hydrogen-bond donors (Lipinski definition) is 1. The van der Waals surface area contributed by atoms with Crippen LogP contribution in [0.25, 0.3) is 5.69 Å². The van der Waals surface area contributed by atoms with E-state index in [9.17, 15) is 9.59 Å². The molecule has 0 saturated carbocycles. The molecule has 0 amide bonds. The highest BCUT2D eigenvalue weighted by Gasteiger charge is 2.12. The highest BCUT2D eigenvalue weighted by molar-refractivity contribution is 7.99. The van der Waals surface area contributed by atoms with E-state index >= 15 is 0 Å². The van der Waals surface area contributed by atoms with Crippen molar-refractivity contribution in [3.63, 3.8) is 0 Å². The van der Waals surface area contributed by atoms with Crippen LogP contribution >= 0.6 is 23.4 Å². The first-order valence-electron chi connectivity index (χ1n) is 5.69. The van der Waals surface area contributed by atoms with Crippen LogP contribution in [0.1, 0.15) is 5.56 Å². The summed E-state index contributed by atoms with van der Waals surface area (Å²) in [6.07, 6.45) is 1.55. The first-order chi connectivity index (χ1) is 9.49. The zero-order chi connectivity index (χ0) is 14.7. The number of aryl methyl sites for hydroxylation is 1. The summed E-state index contributed by atoms with van der Waals surface area (Å²) in [5.41, 5.74) is 1.17.